The predicted octanol–water partition coefficient (Wildman–Crippen LogP) is 3.99. The van der Waals surface area contributed by atoms with Crippen LogP contribution in [0.5, 0.6) is 0 Å². The maximum absolute atomic E-state index is 13.0. The van der Waals surface area contributed by atoms with E-state index in [0.717, 1.165) is 5.69 Å². The van der Waals surface area contributed by atoms with E-state index in [0.29, 0.717) is 23.0 Å². The number of carbonyl (C=O) groups excluding carboxylic acids is 1. The third-order valence-corrected chi connectivity index (χ3v) is 3.83. The standard InChI is InChI=1S/C20H20FN5O/c1-13-22-18(12-19(23-13)24-15-6-4-14(21)5-7-15)20(27)25-16-8-10-17(11-9-16)26(2)3/h4-12H,1-3H3,(H,25,27)(H,22,23,24). The van der Waals surface area contributed by atoms with Gasteiger partial charge in [0.25, 0.3) is 5.91 Å². The molecule has 0 aliphatic heterocycles. The molecule has 3 rings (SSSR count). The normalized spacial score (nSPS) is 10.4. The third kappa shape index (κ3) is 4.78. The number of rotatable bonds is 5. The van der Waals surface area contributed by atoms with E-state index in [-0.39, 0.29) is 17.4 Å². The minimum Gasteiger partial charge on any atom is -0.378 e. The van der Waals surface area contributed by atoms with Gasteiger partial charge in [-0.25, -0.2) is 14.4 Å². The summed E-state index contributed by atoms with van der Waals surface area (Å²) in [6, 6.07) is 14.9. The lowest BCUT2D eigenvalue weighted by Crippen LogP contribution is -2.15. The molecule has 2 N–H and O–H groups in total. The van der Waals surface area contributed by atoms with Crippen LogP contribution in [0.1, 0.15) is 16.3 Å². The highest BCUT2D eigenvalue weighted by Crippen LogP contribution is 2.18. The van der Waals surface area contributed by atoms with E-state index >= 15 is 0 Å². The fraction of sp³-hybridized carbons (Fsp3) is 0.150. The molecule has 138 valence electrons. The summed E-state index contributed by atoms with van der Waals surface area (Å²) in [6.07, 6.45) is 0. The van der Waals surface area contributed by atoms with E-state index in [4.69, 9.17) is 0 Å². The maximum Gasteiger partial charge on any atom is 0.274 e. The number of nitrogens with one attached hydrogen (secondary N) is 2. The lowest BCUT2D eigenvalue weighted by atomic mass is 10.2. The molecular weight excluding hydrogens is 345 g/mol. The molecule has 0 atom stereocenters. The highest BCUT2D eigenvalue weighted by atomic mass is 19.1. The molecule has 0 bridgehead atoms. The van der Waals surface area contributed by atoms with Crippen molar-refractivity contribution >= 4 is 28.8 Å². The molecule has 0 aliphatic rings. The van der Waals surface area contributed by atoms with Gasteiger partial charge in [-0.1, -0.05) is 0 Å². The molecule has 1 heterocycles. The number of halogens is 1. The second-order valence-corrected chi connectivity index (χ2v) is 6.21. The van der Waals surface area contributed by atoms with Gasteiger partial charge in [0.1, 0.15) is 23.2 Å². The number of hydrogen-bond acceptors (Lipinski definition) is 5. The molecule has 0 spiro atoms. The Balaban J connectivity index is 1.76. The van der Waals surface area contributed by atoms with Gasteiger partial charge >= 0.3 is 0 Å². The second kappa shape index (κ2) is 7.82. The molecule has 2 aromatic carbocycles. The molecule has 27 heavy (non-hydrogen) atoms. The monoisotopic (exact) mass is 365 g/mol. The maximum atomic E-state index is 13.0. The lowest BCUT2D eigenvalue weighted by molar-refractivity contribution is 0.102. The van der Waals surface area contributed by atoms with Crippen LogP contribution < -0.4 is 15.5 Å². The van der Waals surface area contributed by atoms with E-state index in [2.05, 4.69) is 20.6 Å². The number of aryl methyl sites for hydroxylation is 1. The summed E-state index contributed by atoms with van der Waals surface area (Å²) in [5.74, 6) is 0.262. The molecule has 3 aromatic rings. The Bertz CT molecular complexity index is 940. The van der Waals surface area contributed by atoms with Gasteiger partial charge in [0.2, 0.25) is 0 Å². The van der Waals surface area contributed by atoms with Crippen LogP contribution in [0.2, 0.25) is 0 Å². The van der Waals surface area contributed by atoms with Crippen LogP contribution in [0.4, 0.5) is 27.3 Å². The Morgan fingerprint density at radius 3 is 2.22 bits per heavy atom. The van der Waals surface area contributed by atoms with Crippen LogP contribution in [0.15, 0.2) is 54.6 Å². The van der Waals surface area contributed by atoms with Crippen LogP contribution in [0.25, 0.3) is 0 Å². The van der Waals surface area contributed by atoms with E-state index in [1.165, 1.54) is 12.1 Å². The number of benzene rings is 2. The molecule has 0 aliphatic carbocycles. The van der Waals surface area contributed by atoms with Gasteiger partial charge in [0.05, 0.1) is 0 Å². The van der Waals surface area contributed by atoms with Crippen molar-refractivity contribution < 1.29 is 9.18 Å². The Morgan fingerprint density at radius 1 is 0.963 bits per heavy atom. The SMILES string of the molecule is Cc1nc(Nc2ccc(F)cc2)cc(C(=O)Nc2ccc(N(C)C)cc2)n1. The average Bonchev–Trinajstić information content (AvgIpc) is 2.63. The fourth-order valence-electron chi connectivity index (χ4n) is 2.47. The summed E-state index contributed by atoms with van der Waals surface area (Å²) in [5.41, 5.74) is 2.62. The molecule has 0 saturated heterocycles. The molecule has 1 amide bonds. The molecule has 7 heteroatoms. The van der Waals surface area contributed by atoms with Crippen LogP contribution in [-0.2, 0) is 0 Å². The Labute approximate surface area is 157 Å². The zero-order chi connectivity index (χ0) is 19.4. The van der Waals surface area contributed by atoms with E-state index in [1.807, 2.05) is 43.3 Å². The van der Waals surface area contributed by atoms with E-state index in [9.17, 15) is 9.18 Å². The molecule has 0 fully saturated rings. The Kier molecular flexibility index (Phi) is 5.30. The van der Waals surface area contributed by atoms with Crippen LogP contribution in [0, 0.1) is 12.7 Å². The van der Waals surface area contributed by atoms with Gasteiger partial charge in [-0.2, -0.15) is 0 Å². The average molecular weight is 365 g/mol. The van der Waals surface area contributed by atoms with E-state index < -0.39 is 0 Å². The summed E-state index contributed by atoms with van der Waals surface area (Å²) in [6.45, 7) is 1.71. The van der Waals surface area contributed by atoms with Crippen molar-refractivity contribution in [2.75, 3.05) is 29.6 Å². The first-order valence-corrected chi connectivity index (χ1v) is 8.38. The zero-order valence-electron chi connectivity index (χ0n) is 15.3. The van der Waals surface area contributed by atoms with Crippen molar-refractivity contribution in [2.24, 2.45) is 0 Å². The van der Waals surface area contributed by atoms with Crippen molar-refractivity contribution in [1.82, 2.24) is 9.97 Å². The van der Waals surface area contributed by atoms with Gasteiger partial charge in [-0.3, -0.25) is 4.79 Å². The zero-order valence-corrected chi connectivity index (χ0v) is 15.3. The smallest absolute Gasteiger partial charge is 0.274 e. The largest absolute Gasteiger partial charge is 0.378 e. The topological polar surface area (TPSA) is 70.2 Å². The number of amides is 1. The minimum atomic E-state index is -0.333. The summed E-state index contributed by atoms with van der Waals surface area (Å²) in [5, 5.41) is 5.87. The molecule has 0 unspecified atom stereocenters. The number of anilines is 4. The van der Waals surface area contributed by atoms with Gasteiger partial charge in [-0.15, -0.1) is 0 Å². The fourth-order valence-corrected chi connectivity index (χ4v) is 2.47. The molecule has 1 aromatic heterocycles. The van der Waals surface area contributed by atoms with Gasteiger partial charge in [0, 0.05) is 37.2 Å². The summed E-state index contributed by atoms with van der Waals surface area (Å²) in [7, 11) is 3.90. The summed E-state index contributed by atoms with van der Waals surface area (Å²) < 4.78 is 13.0. The first-order chi connectivity index (χ1) is 12.9. The quantitative estimate of drug-likeness (QED) is 0.716. The summed E-state index contributed by atoms with van der Waals surface area (Å²) >= 11 is 0. The van der Waals surface area contributed by atoms with Crippen molar-refractivity contribution in [2.45, 2.75) is 6.92 Å². The third-order valence-electron chi connectivity index (χ3n) is 3.83. The van der Waals surface area contributed by atoms with Crippen LogP contribution >= 0.6 is 0 Å². The highest BCUT2D eigenvalue weighted by Gasteiger charge is 2.11. The van der Waals surface area contributed by atoms with Crippen molar-refractivity contribution in [1.29, 1.82) is 0 Å². The van der Waals surface area contributed by atoms with Crippen LogP contribution in [0.3, 0.4) is 0 Å². The number of nitrogens with zero attached hydrogens (tertiary/aromatic N) is 3. The molecular formula is C20H20FN5O. The minimum absolute atomic E-state index is 0.240. The molecule has 0 radical (unpaired) electrons. The Hall–Kier alpha value is -3.48. The molecule has 0 saturated carbocycles. The van der Waals surface area contributed by atoms with E-state index in [1.54, 1.807) is 25.1 Å². The second-order valence-electron chi connectivity index (χ2n) is 6.21. The number of hydrogen-bond donors (Lipinski definition) is 2. The first-order valence-electron chi connectivity index (χ1n) is 8.38. The van der Waals surface area contributed by atoms with Crippen molar-refractivity contribution in [3.63, 3.8) is 0 Å². The first kappa shape index (κ1) is 18.3. The van der Waals surface area contributed by atoms with Crippen molar-refractivity contribution in [3.8, 4) is 0 Å². The van der Waals surface area contributed by atoms with Crippen molar-refractivity contribution in [3.05, 3.63) is 71.9 Å². The van der Waals surface area contributed by atoms with Gasteiger partial charge < -0.3 is 15.5 Å². The highest BCUT2D eigenvalue weighted by molar-refractivity contribution is 6.03. The summed E-state index contributed by atoms with van der Waals surface area (Å²) in [4.78, 5) is 23.0. The number of carbonyl (C=O) groups is 1. The predicted molar refractivity (Wildman–Crippen MR) is 105 cm³/mol. The van der Waals surface area contributed by atoms with Gasteiger partial charge in [0.15, 0.2) is 0 Å². The van der Waals surface area contributed by atoms with Crippen LogP contribution in [-0.4, -0.2) is 30.0 Å². The molecule has 6 nitrogen and oxygen atoms in total. The van der Waals surface area contributed by atoms with Gasteiger partial charge in [-0.05, 0) is 55.5 Å². The number of aromatic nitrogens is 2. The lowest BCUT2D eigenvalue weighted by Gasteiger charge is -2.13. The Morgan fingerprint density at radius 2 is 1.59 bits per heavy atom.